The number of rotatable bonds is 10. The largest absolute Gasteiger partial charge is 0.496 e. The maximum Gasteiger partial charge on any atom is 0.164 e. The van der Waals surface area contributed by atoms with Crippen molar-refractivity contribution in [1.29, 1.82) is 0 Å². The Morgan fingerprint density at radius 2 is 1.62 bits per heavy atom. The van der Waals surface area contributed by atoms with Crippen LogP contribution in [-0.2, 0) is 0 Å². The molecular weight excluding hydrogens is 360 g/mol. The summed E-state index contributed by atoms with van der Waals surface area (Å²) in [4.78, 5) is 0. The van der Waals surface area contributed by atoms with Crippen molar-refractivity contribution in [3.63, 3.8) is 0 Å². The van der Waals surface area contributed by atoms with Gasteiger partial charge in [0.25, 0.3) is 0 Å². The summed E-state index contributed by atoms with van der Waals surface area (Å²) >= 11 is 0. The summed E-state index contributed by atoms with van der Waals surface area (Å²) in [6, 6.07) is 4.04. The molecule has 0 saturated heterocycles. The molecule has 2 rings (SSSR count). The number of allylic oxidation sites excluding steroid dienone is 6. The fraction of sp³-hybridized carbons (Fsp3) is 0.538. The second kappa shape index (κ2) is 11.7. The van der Waals surface area contributed by atoms with Gasteiger partial charge in [-0.15, -0.1) is 0 Å². The van der Waals surface area contributed by atoms with Crippen LogP contribution in [0.4, 0.5) is 0 Å². The molecule has 0 saturated carbocycles. The molecule has 160 valence electrons. The lowest BCUT2D eigenvalue weighted by Gasteiger charge is -2.25. The van der Waals surface area contributed by atoms with E-state index in [2.05, 4.69) is 45.1 Å². The van der Waals surface area contributed by atoms with Gasteiger partial charge in [-0.05, 0) is 77.7 Å². The number of hydrogen-bond donors (Lipinski definition) is 0. The van der Waals surface area contributed by atoms with Gasteiger partial charge in [-0.3, -0.25) is 0 Å². The molecule has 0 spiro atoms. The van der Waals surface area contributed by atoms with Crippen molar-refractivity contribution >= 4 is 0 Å². The van der Waals surface area contributed by atoms with Gasteiger partial charge in [0, 0.05) is 11.6 Å². The molecule has 1 aliphatic rings. The van der Waals surface area contributed by atoms with Gasteiger partial charge in [-0.25, -0.2) is 0 Å². The van der Waals surface area contributed by atoms with Crippen molar-refractivity contribution in [2.24, 2.45) is 0 Å². The molecule has 0 N–H and O–H groups in total. The third kappa shape index (κ3) is 6.99. The summed E-state index contributed by atoms with van der Waals surface area (Å²) in [5.74, 6) is 2.85. The average Bonchev–Trinajstić information content (AvgIpc) is 2.72. The number of benzene rings is 1. The summed E-state index contributed by atoms with van der Waals surface area (Å²) in [6.45, 7) is 6.59. The molecule has 0 bridgehead atoms. The zero-order valence-electron chi connectivity index (χ0n) is 19.1. The molecule has 1 aromatic carbocycles. The standard InChI is InChI=1S/C26H38O3/c1-19(2)10-7-11-20(3)12-8-13-21-14-9-15-22(16-21)23-17-25(28-5)26(29-6)18-24(23)27-4/h10,12,14,17-18,22H,7-9,11,13,15-16H2,1-6H3/t22-/m1/s1. The molecular formula is C26H38O3. The summed E-state index contributed by atoms with van der Waals surface area (Å²) in [7, 11) is 5.08. The van der Waals surface area contributed by atoms with E-state index in [1.54, 1.807) is 26.9 Å². The van der Waals surface area contributed by atoms with Gasteiger partial charge in [0.1, 0.15) is 5.75 Å². The van der Waals surface area contributed by atoms with E-state index in [4.69, 9.17) is 14.2 Å². The highest BCUT2D eigenvalue weighted by atomic mass is 16.5. The summed E-state index contributed by atoms with van der Waals surface area (Å²) < 4.78 is 16.6. The normalized spacial score (nSPS) is 16.8. The smallest absolute Gasteiger partial charge is 0.164 e. The molecule has 0 radical (unpaired) electrons. The molecule has 29 heavy (non-hydrogen) atoms. The Morgan fingerprint density at radius 1 is 0.931 bits per heavy atom. The molecule has 3 nitrogen and oxygen atoms in total. The molecule has 0 aliphatic heterocycles. The predicted octanol–water partition coefficient (Wildman–Crippen LogP) is 7.38. The van der Waals surface area contributed by atoms with Crippen LogP contribution in [0, 0.1) is 0 Å². The van der Waals surface area contributed by atoms with Crippen molar-refractivity contribution in [3.05, 3.63) is 52.6 Å². The summed E-state index contributed by atoms with van der Waals surface area (Å²) in [5.41, 5.74) is 5.69. The minimum atomic E-state index is 0.465. The SMILES string of the molecule is COc1cc(OC)c([C@@H]2CCC=C(CCC=C(C)CCC=C(C)C)C2)cc1OC. The molecule has 0 fully saturated rings. The third-order valence-electron chi connectivity index (χ3n) is 5.68. The Hall–Kier alpha value is -2.16. The van der Waals surface area contributed by atoms with Crippen molar-refractivity contribution in [1.82, 2.24) is 0 Å². The first-order valence-electron chi connectivity index (χ1n) is 10.7. The zero-order valence-corrected chi connectivity index (χ0v) is 19.1. The van der Waals surface area contributed by atoms with Gasteiger partial charge in [-0.2, -0.15) is 0 Å². The predicted molar refractivity (Wildman–Crippen MR) is 122 cm³/mol. The topological polar surface area (TPSA) is 27.7 Å². The van der Waals surface area contributed by atoms with Crippen LogP contribution in [-0.4, -0.2) is 21.3 Å². The Morgan fingerprint density at radius 3 is 2.28 bits per heavy atom. The lowest BCUT2D eigenvalue weighted by Crippen LogP contribution is -2.08. The van der Waals surface area contributed by atoms with E-state index in [9.17, 15) is 0 Å². The number of ether oxygens (including phenoxy) is 3. The average molecular weight is 399 g/mol. The molecule has 0 aromatic heterocycles. The van der Waals surface area contributed by atoms with Crippen LogP contribution in [0.25, 0.3) is 0 Å². The number of methoxy groups -OCH3 is 3. The van der Waals surface area contributed by atoms with Gasteiger partial charge in [0.05, 0.1) is 21.3 Å². The lowest BCUT2D eigenvalue weighted by atomic mass is 9.82. The molecule has 1 atom stereocenters. The maximum atomic E-state index is 5.67. The van der Waals surface area contributed by atoms with Gasteiger partial charge < -0.3 is 14.2 Å². The fourth-order valence-electron chi connectivity index (χ4n) is 4.03. The van der Waals surface area contributed by atoms with E-state index in [1.165, 1.54) is 16.7 Å². The molecule has 1 aliphatic carbocycles. The second-order valence-electron chi connectivity index (χ2n) is 8.20. The van der Waals surface area contributed by atoms with Gasteiger partial charge in [-0.1, -0.05) is 34.9 Å². The van der Waals surface area contributed by atoms with E-state index in [0.29, 0.717) is 11.7 Å². The molecule has 1 aromatic rings. The Bertz CT molecular complexity index is 751. The summed E-state index contributed by atoms with van der Waals surface area (Å²) in [5, 5.41) is 0. The Kier molecular flexibility index (Phi) is 9.37. The van der Waals surface area contributed by atoms with Crippen molar-refractivity contribution in [2.45, 2.75) is 71.6 Å². The van der Waals surface area contributed by atoms with Gasteiger partial charge in [0.15, 0.2) is 11.5 Å². The number of hydrogen-bond acceptors (Lipinski definition) is 3. The second-order valence-corrected chi connectivity index (χ2v) is 8.20. The van der Waals surface area contributed by atoms with Crippen molar-refractivity contribution < 1.29 is 14.2 Å². The van der Waals surface area contributed by atoms with E-state index in [-0.39, 0.29) is 0 Å². The highest BCUT2D eigenvalue weighted by molar-refractivity contribution is 5.52. The van der Waals surface area contributed by atoms with Crippen LogP contribution in [0.1, 0.15) is 77.2 Å². The van der Waals surface area contributed by atoms with Crippen LogP contribution in [0.3, 0.4) is 0 Å². The van der Waals surface area contributed by atoms with E-state index < -0.39 is 0 Å². The van der Waals surface area contributed by atoms with Crippen LogP contribution in [0.2, 0.25) is 0 Å². The quantitative estimate of drug-likeness (QED) is 0.385. The van der Waals surface area contributed by atoms with E-state index in [1.807, 2.05) is 6.07 Å². The maximum absolute atomic E-state index is 5.67. The highest BCUT2D eigenvalue weighted by Crippen LogP contribution is 2.43. The van der Waals surface area contributed by atoms with Crippen LogP contribution in [0.5, 0.6) is 17.2 Å². The van der Waals surface area contributed by atoms with E-state index in [0.717, 1.165) is 56.4 Å². The first-order valence-corrected chi connectivity index (χ1v) is 10.7. The molecule has 0 unspecified atom stereocenters. The summed E-state index contributed by atoms with van der Waals surface area (Å²) in [6.07, 6.45) is 15.1. The zero-order chi connectivity index (χ0) is 21.2. The molecule has 3 heteroatoms. The van der Waals surface area contributed by atoms with Crippen molar-refractivity contribution in [3.8, 4) is 17.2 Å². The first kappa shape index (κ1) is 23.1. The highest BCUT2D eigenvalue weighted by Gasteiger charge is 2.23. The molecule has 0 heterocycles. The fourth-order valence-corrected chi connectivity index (χ4v) is 4.03. The monoisotopic (exact) mass is 398 g/mol. The lowest BCUT2D eigenvalue weighted by molar-refractivity contribution is 0.345. The van der Waals surface area contributed by atoms with Gasteiger partial charge in [0.2, 0.25) is 0 Å². The minimum absolute atomic E-state index is 0.465. The minimum Gasteiger partial charge on any atom is -0.496 e. The van der Waals surface area contributed by atoms with Gasteiger partial charge >= 0.3 is 0 Å². The Balaban J connectivity index is 2.00. The third-order valence-corrected chi connectivity index (χ3v) is 5.68. The Labute approximate surface area is 177 Å². The van der Waals surface area contributed by atoms with E-state index >= 15 is 0 Å². The van der Waals surface area contributed by atoms with Crippen molar-refractivity contribution in [2.75, 3.05) is 21.3 Å². The van der Waals surface area contributed by atoms with Crippen LogP contribution in [0.15, 0.2) is 47.1 Å². The first-order chi connectivity index (χ1) is 14.0. The van der Waals surface area contributed by atoms with Crippen LogP contribution >= 0.6 is 0 Å². The van der Waals surface area contributed by atoms with Crippen LogP contribution < -0.4 is 14.2 Å². The molecule has 0 amide bonds.